The first-order valence-electron chi connectivity index (χ1n) is 4.84. The summed E-state index contributed by atoms with van der Waals surface area (Å²) in [4.78, 5) is 11.1. The summed E-state index contributed by atoms with van der Waals surface area (Å²) in [6.07, 6.45) is -0.804. The summed E-state index contributed by atoms with van der Waals surface area (Å²) in [7, 11) is -3.95. The van der Waals surface area contributed by atoms with E-state index < -0.39 is 22.2 Å². The van der Waals surface area contributed by atoms with Gasteiger partial charge < -0.3 is 4.74 Å². The van der Waals surface area contributed by atoms with E-state index in [0.717, 1.165) is 0 Å². The van der Waals surface area contributed by atoms with Crippen molar-refractivity contribution < 1.29 is 22.1 Å². The highest BCUT2D eigenvalue weighted by molar-refractivity contribution is 7.86. The van der Waals surface area contributed by atoms with Gasteiger partial charge in [-0.2, -0.15) is 8.42 Å². The van der Waals surface area contributed by atoms with Crippen LogP contribution in [0.25, 0.3) is 0 Å². The Morgan fingerprint density at radius 1 is 1.29 bits per heavy atom. The number of hydrogen-bond donors (Lipinski definition) is 0. The number of ether oxygens (including phenoxy) is 1. The van der Waals surface area contributed by atoms with E-state index in [9.17, 15) is 13.2 Å². The van der Waals surface area contributed by atoms with Crippen LogP contribution in [0.3, 0.4) is 0 Å². The van der Waals surface area contributed by atoms with Gasteiger partial charge in [0.2, 0.25) is 0 Å². The fourth-order valence-corrected chi connectivity index (χ4v) is 2.56. The van der Waals surface area contributed by atoms with Crippen LogP contribution < -0.4 is 0 Å². The fraction of sp³-hybridized carbons (Fsp3) is 0.300. The lowest BCUT2D eigenvalue weighted by atomic mass is 10.3. The Morgan fingerprint density at radius 3 is 2.47 bits per heavy atom. The number of carbonyl (C=O) groups excluding carboxylic acids is 1. The van der Waals surface area contributed by atoms with Crippen LogP contribution in [0.15, 0.2) is 29.2 Å². The summed E-state index contributed by atoms with van der Waals surface area (Å²) in [6, 6.07) is 5.51. The quantitative estimate of drug-likeness (QED) is 0.616. The molecule has 1 aliphatic heterocycles. The Labute approximate surface area is 103 Å². The van der Waals surface area contributed by atoms with Gasteiger partial charge in [-0.1, -0.05) is 11.6 Å². The molecule has 0 aliphatic carbocycles. The van der Waals surface area contributed by atoms with Crippen molar-refractivity contribution in [3.8, 4) is 0 Å². The summed E-state index contributed by atoms with van der Waals surface area (Å²) in [5.74, 6) is -0.650. The molecule has 0 amide bonds. The molecule has 1 atom stereocenters. The number of carbonyl (C=O) groups is 1. The highest BCUT2D eigenvalue weighted by atomic mass is 35.5. The fourth-order valence-electron chi connectivity index (χ4n) is 1.37. The molecule has 7 heteroatoms. The maximum atomic E-state index is 11.8. The SMILES string of the molecule is O=C1OCC[C@@H]1OS(=O)(=O)c1ccc(Cl)cc1. The Kier molecular flexibility index (Phi) is 3.37. The molecule has 1 saturated heterocycles. The third-order valence-electron chi connectivity index (χ3n) is 2.23. The van der Waals surface area contributed by atoms with Crippen molar-refractivity contribution >= 4 is 27.7 Å². The standard InChI is InChI=1S/C10H9ClO5S/c11-7-1-3-8(4-2-7)17(13,14)16-9-5-6-15-10(9)12/h1-4,9H,5-6H2/t9-/m0/s1. The molecule has 0 bridgehead atoms. The minimum absolute atomic E-state index is 0.0402. The van der Waals surface area contributed by atoms with Crippen LogP contribution in [0.2, 0.25) is 5.02 Å². The van der Waals surface area contributed by atoms with Crippen molar-refractivity contribution in [2.45, 2.75) is 17.4 Å². The van der Waals surface area contributed by atoms with Crippen molar-refractivity contribution in [1.29, 1.82) is 0 Å². The largest absolute Gasteiger partial charge is 0.464 e. The highest BCUT2D eigenvalue weighted by Gasteiger charge is 2.32. The second-order valence-electron chi connectivity index (χ2n) is 3.45. The van der Waals surface area contributed by atoms with Crippen molar-refractivity contribution in [2.24, 2.45) is 0 Å². The van der Waals surface area contributed by atoms with Gasteiger partial charge in [-0.3, -0.25) is 4.18 Å². The van der Waals surface area contributed by atoms with Crippen LogP contribution in [-0.4, -0.2) is 27.1 Å². The zero-order valence-electron chi connectivity index (χ0n) is 8.63. The van der Waals surface area contributed by atoms with E-state index in [4.69, 9.17) is 15.8 Å². The minimum atomic E-state index is -3.95. The van der Waals surface area contributed by atoms with Gasteiger partial charge in [0.15, 0.2) is 6.10 Å². The van der Waals surface area contributed by atoms with Gasteiger partial charge in [-0.05, 0) is 24.3 Å². The van der Waals surface area contributed by atoms with Gasteiger partial charge in [-0.15, -0.1) is 0 Å². The predicted molar refractivity (Wildman–Crippen MR) is 59.1 cm³/mol. The minimum Gasteiger partial charge on any atom is -0.464 e. The predicted octanol–water partition coefficient (Wildman–Crippen LogP) is 1.36. The second-order valence-corrected chi connectivity index (χ2v) is 5.46. The lowest BCUT2D eigenvalue weighted by Gasteiger charge is -2.08. The first kappa shape index (κ1) is 12.3. The van der Waals surface area contributed by atoms with E-state index in [1.165, 1.54) is 24.3 Å². The average molecular weight is 277 g/mol. The van der Waals surface area contributed by atoms with Crippen LogP contribution in [0, 0.1) is 0 Å². The topological polar surface area (TPSA) is 69.7 Å². The van der Waals surface area contributed by atoms with Gasteiger partial charge in [0.25, 0.3) is 10.1 Å². The first-order chi connectivity index (χ1) is 7.99. The number of hydrogen-bond acceptors (Lipinski definition) is 5. The number of cyclic esters (lactones) is 1. The summed E-state index contributed by atoms with van der Waals surface area (Å²) < 4.78 is 33.0. The van der Waals surface area contributed by atoms with Crippen LogP contribution in [-0.2, 0) is 23.8 Å². The van der Waals surface area contributed by atoms with E-state index in [-0.39, 0.29) is 17.9 Å². The third kappa shape index (κ3) is 2.77. The Bertz CT molecular complexity index is 522. The van der Waals surface area contributed by atoms with E-state index in [1.54, 1.807) is 0 Å². The Balaban J connectivity index is 2.19. The van der Waals surface area contributed by atoms with Gasteiger partial charge in [0.1, 0.15) is 0 Å². The molecule has 1 fully saturated rings. The molecule has 0 N–H and O–H groups in total. The van der Waals surface area contributed by atoms with Crippen molar-refractivity contribution in [1.82, 2.24) is 0 Å². The summed E-state index contributed by atoms with van der Waals surface area (Å²) >= 11 is 5.65. The molecular formula is C10H9ClO5S. The zero-order valence-corrected chi connectivity index (χ0v) is 10.2. The van der Waals surface area contributed by atoms with Gasteiger partial charge in [0, 0.05) is 11.4 Å². The molecule has 0 spiro atoms. The second kappa shape index (κ2) is 4.64. The maximum Gasteiger partial charge on any atom is 0.336 e. The average Bonchev–Trinajstić information content (AvgIpc) is 2.64. The van der Waals surface area contributed by atoms with Crippen LogP contribution in [0.4, 0.5) is 0 Å². The number of halogens is 1. The van der Waals surface area contributed by atoms with E-state index in [2.05, 4.69) is 4.74 Å². The number of esters is 1. The van der Waals surface area contributed by atoms with Gasteiger partial charge in [0.05, 0.1) is 11.5 Å². The zero-order chi connectivity index (χ0) is 12.5. The summed E-state index contributed by atoms with van der Waals surface area (Å²) in [5, 5.41) is 0.421. The monoisotopic (exact) mass is 276 g/mol. The smallest absolute Gasteiger partial charge is 0.336 e. The molecule has 0 unspecified atom stereocenters. The molecule has 0 aromatic heterocycles. The molecule has 0 radical (unpaired) electrons. The first-order valence-corrected chi connectivity index (χ1v) is 6.63. The highest BCUT2D eigenvalue weighted by Crippen LogP contribution is 2.20. The lowest BCUT2D eigenvalue weighted by Crippen LogP contribution is -2.22. The molecule has 17 heavy (non-hydrogen) atoms. The normalized spacial score (nSPS) is 20.3. The molecule has 1 heterocycles. The molecular weight excluding hydrogens is 268 g/mol. The molecule has 1 aromatic rings. The lowest BCUT2D eigenvalue weighted by molar-refractivity contribution is -0.143. The van der Waals surface area contributed by atoms with Crippen molar-refractivity contribution in [2.75, 3.05) is 6.61 Å². The Hall–Kier alpha value is -1.11. The molecule has 1 aliphatic rings. The molecule has 92 valence electrons. The summed E-state index contributed by atoms with van der Waals surface area (Å²) in [6.45, 7) is 0.180. The van der Waals surface area contributed by atoms with Crippen LogP contribution in [0.5, 0.6) is 0 Å². The van der Waals surface area contributed by atoms with Gasteiger partial charge in [-0.25, -0.2) is 4.79 Å². The van der Waals surface area contributed by atoms with E-state index >= 15 is 0 Å². The Morgan fingerprint density at radius 2 is 1.94 bits per heavy atom. The molecule has 0 saturated carbocycles. The molecule has 5 nitrogen and oxygen atoms in total. The summed E-state index contributed by atoms with van der Waals surface area (Å²) in [5.41, 5.74) is 0. The number of benzene rings is 1. The third-order valence-corrected chi connectivity index (χ3v) is 3.82. The van der Waals surface area contributed by atoms with Crippen molar-refractivity contribution in [3.63, 3.8) is 0 Å². The molecule has 1 aromatic carbocycles. The van der Waals surface area contributed by atoms with Crippen molar-refractivity contribution in [3.05, 3.63) is 29.3 Å². The molecule has 2 rings (SSSR count). The van der Waals surface area contributed by atoms with Gasteiger partial charge >= 0.3 is 5.97 Å². The maximum absolute atomic E-state index is 11.8. The van der Waals surface area contributed by atoms with Crippen LogP contribution in [0.1, 0.15) is 6.42 Å². The number of rotatable bonds is 3. The van der Waals surface area contributed by atoms with E-state index in [1.807, 2.05) is 0 Å². The van der Waals surface area contributed by atoms with E-state index in [0.29, 0.717) is 5.02 Å². The van der Waals surface area contributed by atoms with Crippen LogP contribution >= 0.6 is 11.6 Å².